The van der Waals surface area contributed by atoms with E-state index in [1.807, 2.05) is 0 Å². The third-order valence-corrected chi connectivity index (χ3v) is 13.9. The molecule has 10 atom stereocenters. The lowest BCUT2D eigenvalue weighted by atomic mass is 9.78. The Hall–Kier alpha value is -4.16. The van der Waals surface area contributed by atoms with Crippen LogP contribution in [-0.4, -0.2) is 103 Å². The van der Waals surface area contributed by atoms with Crippen LogP contribution in [0.15, 0.2) is 41.3 Å². The fraction of sp³-hybridized carbons (Fsp3) is 0.545. The number of benzene rings is 2. The Labute approximate surface area is 373 Å². The lowest BCUT2D eigenvalue weighted by Gasteiger charge is -2.38. The van der Waals surface area contributed by atoms with E-state index in [0.29, 0.717) is 11.2 Å². The molecule has 5 bridgehead atoms. The quantitative estimate of drug-likeness (QED) is 0.0260. The van der Waals surface area contributed by atoms with Gasteiger partial charge in [-0.25, -0.2) is 0 Å². The molecule has 17 heteroatoms. The van der Waals surface area contributed by atoms with Crippen LogP contribution in [-0.2, 0) is 28.6 Å². The summed E-state index contributed by atoms with van der Waals surface area (Å²) in [7, 11) is 1.43. The van der Waals surface area contributed by atoms with E-state index >= 15 is 0 Å². The number of ketones is 1. The number of nitrogens with zero attached hydrogens (tertiary/aromatic N) is 1. The molecule has 6 N–H and O–H groups in total. The Kier molecular flexibility index (Phi) is 17.3. The molecule has 0 radical (unpaired) electrons. The first-order valence-electron chi connectivity index (χ1n) is 20.1. The number of hydrogen-bond acceptors (Lipinski definition) is 14. The number of hydrogen-bond donors (Lipinski definition) is 6. The summed E-state index contributed by atoms with van der Waals surface area (Å²) in [6.07, 6.45) is 6.93. The minimum absolute atomic E-state index is 0.0342. The van der Waals surface area contributed by atoms with E-state index in [1.165, 1.54) is 53.2 Å². The number of phenolic OH excluding ortho intramolecular Hbond substituents is 3. The van der Waals surface area contributed by atoms with Gasteiger partial charge in [-0.05, 0) is 39.2 Å². The lowest BCUT2D eigenvalue weighted by molar-refractivity contribution is -0.160. The number of methoxy groups -OCH3 is 1. The Morgan fingerprint density at radius 2 is 1.69 bits per heavy atom. The zero-order valence-corrected chi connectivity index (χ0v) is 39.1. The number of oxime groups is 1. The van der Waals surface area contributed by atoms with E-state index < -0.39 is 88.8 Å². The number of unbranched alkanes of at least 4 members (excludes halogenated alkanes) is 1. The average Bonchev–Trinajstić information content (AvgIpc) is 3.49. The molecule has 3 heterocycles. The maximum Gasteiger partial charge on any atom is 0.312 e. The highest BCUT2D eigenvalue weighted by Gasteiger charge is 2.50. The molecular weight excluding hydrogens is 924 g/mol. The average molecular weight is 983 g/mol. The first-order valence-corrected chi connectivity index (χ1v) is 22.2. The molecule has 0 aromatic heterocycles. The van der Waals surface area contributed by atoms with Crippen molar-refractivity contribution < 1.29 is 63.7 Å². The third kappa shape index (κ3) is 10.9. The minimum Gasteiger partial charge on any atom is -0.507 e. The van der Waals surface area contributed by atoms with Gasteiger partial charge in [0.1, 0.15) is 30.0 Å². The summed E-state index contributed by atoms with van der Waals surface area (Å²) in [5, 5.41) is 65.0. The second-order valence-electron chi connectivity index (χ2n) is 15.9. The number of carbonyl (C=O) groups excluding carboxylic acids is 3. The zero-order chi connectivity index (χ0) is 45.5. The molecule has 5 rings (SSSR count). The van der Waals surface area contributed by atoms with Crippen LogP contribution in [0.25, 0.3) is 10.8 Å². The normalized spacial score (nSPS) is 30.0. The van der Waals surface area contributed by atoms with Crippen LogP contribution < -0.4 is 10.1 Å². The number of allylic oxidation sites excluding steroid dienone is 2. The number of fused-ring (bicyclic) bond motifs is 14. The van der Waals surface area contributed by atoms with Crippen molar-refractivity contribution in [2.45, 2.75) is 110 Å². The van der Waals surface area contributed by atoms with Crippen molar-refractivity contribution in [3.8, 4) is 23.0 Å². The number of phenols is 3. The van der Waals surface area contributed by atoms with Gasteiger partial charge in [-0.1, -0.05) is 82.9 Å². The molecule has 61 heavy (non-hydrogen) atoms. The van der Waals surface area contributed by atoms with Crippen molar-refractivity contribution in [3.05, 3.63) is 52.8 Å². The topological polar surface area (TPSA) is 223 Å². The van der Waals surface area contributed by atoms with E-state index in [2.05, 4.69) is 42.3 Å². The maximum absolute atomic E-state index is 14.4. The van der Waals surface area contributed by atoms with Gasteiger partial charge in [0.25, 0.3) is 11.7 Å². The Morgan fingerprint density at radius 3 is 2.33 bits per heavy atom. The fourth-order valence-corrected chi connectivity index (χ4v) is 8.27. The first-order chi connectivity index (χ1) is 28.7. The summed E-state index contributed by atoms with van der Waals surface area (Å²) in [6, 6.07) is 0. The smallest absolute Gasteiger partial charge is 0.312 e. The van der Waals surface area contributed by atoms with Gasteiger partial charge in [0, 0.05) is 71.3 Å². The van der Waals surface area contributed by atoms with Crippen LogP contribution in [0.1, 0.15) is 89.2 Å². The van der Waals surface area contributed by atoms with E-state index in [9.17, 15) is 39.9 Å². The van der Waals surface area contributed by atoms with Crippen molar-refractivity contribution in [1.29, 1.82) is 0 Å². The van der Waals surface area contributed by atoms with Gasteiger partial charge in [0.15, 0.2) is 5.75 Å². The molecule has 0 saturated heterocycles. The molecular formula is C44H58Br2N2O13. The van der Waals surface area contributed by atoms with E-state index in [1.54, 1.807) is 39.8 Å². The molecule has 3 aliphatic rings. The van der Waals surface area contributed by atoms with Crippen LogP contribution in [0.2, 0.25) is 0 Å². The predicted molar refractivity (Wildman–Crippen MR) is 238 cm³/mol. The van der Waals surface area contributed by atoms with Gasteiger partial charge in [-0.2, -0.15) is 0 Å². The molecule has 1 unspecified atom stereocenters. The monoisotopic (exact) mass is 980 g/mol. The molecule has 1 amide bonds. The van der Waals surface area contributed by atoms with Gasteiger partial charge in [0.05, 0.1) is 53.0 Å². The van der Waals surface area contributed by atoms with Gasteiger partial charge in [-0.3, -0.25) is 14.4 Å². The molecule has 0 saturated carbocycles. The summed E-state index contributed by atoms with van der Waals surface area (Å²) in [6.45, 7) is 12.7. The van der Waals surface area contributed by atoms with E-state index in [0.717, 1.165) is 24.4 Å². The highest BCUT2D eigenvalue weighted by Crippen LogP contribution is 2.55. The molecule has 336 valence electrons. The number of nitrogens with one attached hydrogen (secondary N) is 1. The van der Waals surface area contributed by atoms with Crippen molar-refractivity contribution in [3.63, 3.8) is 0 Å². The van der Waals surface area contributed by atoms with Gasteiger partial charge in [-0.15, -0.1) is 0 Å². The van der Waals surface area contributed by atoms with Crippen LogP contribution in [0.5, 0.6) is 23.0 Å². The lowest BCUT2D eigenvalue weighted by Crippen LogP contribution is -2.46. The summed E-state index contributed by atoms with van der Waals surface area (Å²) in [5.41, 5.74) is -0.600. The summed E-state index contributed by atoms with van der Waals surface area (Å²) in [4.78, 5) is 46.2. The summed E-state index contributed by atoms with van der Waals surface area (Å²) >= 11 is 7.00. The molecule has 2 aromatic rings. The second kappa shape index (κ2) is 21.3. The SMILES string of the molecule is CO[C@H]1/C=C/O[C@@]2(C)Oc3c(C)c(O)c4c(O)c(c(/C=N/OCCCCC(Br)CBr)c(O)c4c3C2=O)NC(=O)/C(C)=C\C=C\[C@H](C)[C@H](O)[C@@H](C)[C@@H](O)[C@@H](C)[C@H](OC(C)=O)[C@@H]1C. The number of anilines is 1. The number of Topliss-reactive ketones (excluding diaryl/α,β-unsaturated/α-hetero) is 1. The highest BCUT2D eigenvalue weighted by molar-refractivity contribution is 9.12. The third-order valence-electron chi connectivity index (χ3n) is 11.5. The number of amides is 1. The molecule has 0 aliphatic carbocycles. The zero-order valence-electron chi connectivity index (χ0n) is 35.9. The van der Waals surface area contributed by atoms with Gasteiger partial charge >= 0.3 is 11.8 Å². The number of aliphatic hydroxyl groups excluding tert-OH is 2. The number of aliphatic hydroxyl groups is 2. The number of rotatable bonds is 10. The summed E-state index contributed by atoms with van der Waals surface area (Å²) < 4.78 is 23.5. The number of aromatic hydroxyl groups is 3. The number of halogens is 2. The molecule has 0 spiro atoms. The van der Waals surface area contributed by atoms with Gasteiger partial charge < -0.3 is 54.6 Å². The molecule has 15 nitrogen and oxygen atoms in total. The number of esters is 1. The Morgan fingerprint density at radius 1 is 1.00 bits per heavy atom. The van der Waals surface area contributed by atoms with E-state index in [-0.39, 0.29) is 51.1 Å². The maximum atomic E-state index is 14.4. The second-order valence-corrected chi connectivity index (χ2v) is 17.9. The van der Waals surface area contributed by atoms with Crippen LogP contribution in [0, 0.1) is 30.6 Å². The van der Waals surface area contributed by atoms with Crippen molar-refractivity contribution in [1.82, 2.24) is 0 Å². The number of carbonyl (C=O) groups is 3. The minimum atomic E-state index is -2.06. The molecule has 0 fully saturated rings. The fourth-order valence-electron chi connectivity index (χ4n) is 7.62. The molecule has 2 aromatic carbocycles. The Bertz CT molecular complexity index is 2070. The molecule has 3 aliphatic heterocycles. The Balaban J connectivity index is 1.91. The van der Waals surface area contributed by atoms with Crippen LogP contribution in [0.4, 0.5) is 5.69 Å². The van der Waals surface area contributed by atoms with Crippen molar-refractivity contribution in [2.24, 2.45) is 28.8 Å². The number of alkyl halides is 2. The van der Waals surface area contributed by atoms with E-state index in [4.69, 9.17) is 23.8 Å². The summed E-state index contributed by atoms with van der Waals surface area (Å²) in [5.74, 6) is -8.64. The highest BCUT2D eigenvalue weighted by atomic mass is 79.9. The largest absolute Gasteiger partial charge is 0.507 e. The predicted octanol–water partition coefficient (Wildman–Crippen LogP) is 7.43. The number of ether oxygens (including phenoxy) is 4. The first kappa shape index (κ1) is 49.5. The van der Waals surface area contributed by atoms with Crippen molar-refractivity contribution in [2.75, 3.05) is 24.4 Å². The standard InChI is InChI=1S/C44H58Br2N2O13/c1-21-13-12-14-22(2)43(56)48-34-29(20-47-59-17-11-10-15-28(46)19-45)38(53)31-32(39(34)54)37(52)26(6)41-33(31)42(55)44(8,61-41)58-18-16-30(57-9)23(3)40(60-27(7)49)25(5)36(51)24(4)35(21)50/h12-14,16,18,20-21,23-25,28,30,35-36,40,50-54H,10-11,15,17,19H2,1-9H3,(H,48,56)/b13-12+,18-16+,22-14-,47-20+/t21-,23+,24+,25+,28?,30-,35-,36+,40+,44-/m0/s1. The van der Waals surface area contributed by atoms with Crippen molar-refractivity contribution >= 4 is 72.2 Å². The van der Waals surface area contributed by atoms with Crippen LogP contribution in [0.3, 0.4) is 0 Å². The van der Waals surface area contributed by atoms with Gasteiger partial charge in [0.2, 0.25) is 0 Å². The van der Waals surface area contributed by atoms with Crippen LogP contribution >= 0.6 is 31.9 Å².